The van der Waals surface area contributed by atoms with E-state index in [1.165, 1.54) is 29.2 Å². The van der Waals surface area contributed by atoms with Gasteiger partial charge in [0.25, 0.3) is 10.0 Å². The molecule has 0 unspecified atom stereocenters. The van der Waals surface area contributed by atoms with E-state index in [0.29, 0.717) is 13.0 Å². The van der Waals surface area contributed by atoms with Crippen LogP contribution in [-0.4, -0.2) is 44.3 Å². The zero-order chi connectivity index (χ0) is 29.4. The van der Waals surface area contributed by atoms with Crippen LogP contribution < -0.4 is 9.62 Å². The van der Waals surface area contributed by atoms with Crippen LogP contribution >= 0.6 is 23.2 Å². The van der Waals surface area contributed by atoms with Gasteiger partial charge in [-0.1, -0.05) is 92.0 Å². The van der Waals surface area contributed by atoms with Crippen LogP contribution in [-0.2, 0) is 26.2 Å². The van der Waals surface area contributed by atoms with Crippen molar-refractivity contribution in [2.24, 2.45) is 5.92 Å². The first-order valence-electron chi connectivity index (χ1n) is 13.1. The van der Waals surface area contributed by atoms with E-state index in [1.807, 2.05) is 58.0 Å². The molecule has 2 amide bonds. The molecule has 214 valence electrons. The van der Waals surface area contributed by atoms with E-state index < -0.39 is 28.5 Å². The number of nitrogens with zero attached hydrogens (tertiary/aromatic N) is 2. The van der Waals surface area contributed by atoms with Gasteiger partial charge in [-0.25, -0.2) is 8.42 Å². The Morgan fingerprint density at radius 1 is 0.950 bits per heavy atom. The van der Waals surface area contributed by atoms with Gasteiger partial charge in [0.2, 0.25) is 11.8 Å². The summed E-state index contributed by atoms with van der Waals surface area (Å²) < 4.78 is 28.9. The summed E-state index contributed by atoms with van der Waals surface area (Å²) in [4.78, 5) is 28.7. The minimum atomic E-state index is -4.24. The summed E-state index contributed by atoms with van der Waals surface area (Å²) in [6.07, 6.45) is 0.338. The van der Waals surface area contributed by atoms with Gasteiger partial charge in [0.15, 0.2) is 0 Å². The standard InChI is InChI=1S/C30H35Cl2N3O4S/c1-5-27(30(37)33-18-21(2)3)34(19-23-9-7-6-8-10-23)29(36)20-35(28-17-24(31)13-16-26(28)32)40(38,39)25-14-11-22(4)12-15-25/h6-17,21,27H,5,18-20H2,1-4H3,(H,33,37)/t27-/m0/s1. The molecule has 0 spiro atoms. The second-order valence-corrected chi connectivity index (χ2v) is 12.7. The third-order valence-corrected chi connectivity index (χ3v) is 8.66. The van der Waals surface area contributed by atoms with E-state index in [4.69, 9.17) is 23.2 Å². The number of sulfonamides is 1. The number of carbonyl (C=O) groups is 2. The average Bonchev–Trinajstić information content (AvgIpc) is 2.92. The molecule has 40 heavy (non-hydrogen) atoms. The first kappa shape index (κ1) is 31.5. The number of hydrogen-bond donors (Lipinski definition) is 1. The maximum absolute atomic E-state index is 14.1. The molecule has 1 atom stereocenters. The molecule has 0 aliphatic carbocycles. The fourth-order valence-corrected chi connectivity index (χ4v) is 6.01. The van der Waals surface area contributed by atoms with Gasteiger partial charge in [-0.2, -0.15) is 0 Å². The number of benzene rings is 3. The summed E-state index contributed by atoms with van der Waals surface area (Å²) in [6.45, 7) is 7.62. The van der Waals surface area contributed by atoms with E-state index in [2.05, 4.69) is 5.32 Å². The molecule has 0 saturated heterocycles. The van der Waals surface area contributed by atoms with Gasteiger partial charge in [0, 0.05) is 18.1 Å². The van der Waals surface area contributed by atoms with Crippen LogP contribution in [0.5, 0.6) is 0 Å². The number of carbonyl (C=O) groups excluding carboxylic acids is 2. The van der Waals surface area contributed by atoms with Gasteiger partial charge in [0.05, 0.1) is 15.6 Å². The molecule has 3 aromatic carbocycles. The summed E-state index contributed by atoms with van der Waals surface area (Å²) in [5.41, 5.74) is 1.76. The van der Waals surface area contributed by atoms with Crippen molar-refractivity contribution in [2.45, 2.75) is 51.6 Å². The molecule has 0 fully saturated rings. The molecule has 3 rings (SSSR count). The highest BCUT2D eigenvalue weighted by Gasteiger charge is 2.34. The van der Waals surface area contributed by atoms with Crippen molar-refractivity contribution >= 4 is 50.7 Å². The Balaban J connectivity index is 2.07. The van der Waals surface area contributed by atoms with Crippen LogP contribution in [0, 0.1) is 12.8 Å². The number of anilines is 1. The molecule has 7 nitrogen and oxygen atoms in total. The molecule has 0 aliphatic heterocycles. The number of nitrogens with one attached hydrogen (secondary N) is 1. The number of aryl methyl sites for hydroxylation is 1. The third kappa shape index (κ3) is 7.99. The Morgan fingerprint density at radius 3 is 2.20 bits per heavy atom. The van der Waals surface area contributed by atoms with Gasteiger partial charge in [-0.15, -0.1) is 0 Å². The van der Waals surface area contributed by atoms with E-state index in [9.17, 15) is 18.0 Å². The van der Waals surface area contributed by atoms with Crippen molar-refractivity contribution in [1.82, 2.24) is 10.2 Å². The maximum atomic E-state index is 14.1. The second kappa shape index (κ2) is 14.0. The SMILES string of the molecule is CC[C@@H](C(=O)NCC(C)C)N(Cc1ccccc1)C(=O)CN(c1cc(Cl)ccc1Cl)S(=O)(=O)c1ccc(C)cc1. The number of rotatable bonds is 12. The molecule has 0 saturated carbocycles. The number of amides is 2. The summed E-state index contributed by atoms with van der Waals surface area (Å²) in [7, 11) is -4.24. The largest absolute Gasteiger partial charge is 0.354 e. The highest BCUT2D eigenvalue weighted by atomic mass is 35.5. The predicted molar refractivity (Wildman–Crippen MR) is 161 cm³/mol. The molecule has 0 aromatic heterocycles. The van der Waals surface area contributed by atoms with E-state index in [1.54, 1.807) is 18.2 Å². The van der Waals surface area contributed by atoms with Gasteiger partial charge < -0.3 is 10.2 Å². The lowest BCUT2D eigenvalue weighted by Gasteiger charge is -2.33. The van der Waals surface area contributed by atoms with E-state index in [-0.39, 0.29) is 39.0 Å². The first-order valence-corrected chi connectivity index (χ1v) is 15.3. The number of halogens is 2. The van der Waals surface area contributed by atoms with Crippen LogP contribution in [0.25, 0.3) is 0 Å². The smallest absolute Gasteiger partial charge is 0.264 e. The van der Waals surface area contributed by atoms with Crippen LogP contribution in [0.1, 0.15) is 38.3 Å². The van der Waals surface area contributed by atoms with Crippen LogP contribution in [0.4, 0.5) is 5.69 Å². The summed E-state index contributed by atoms with van der Waals surface area (Å²) >= 11 is 12.7. The summed E-state index contributed by atoms with van der Waals surface area (Å²) in [6, 6.07) is 19.2. The molecule has 0 heterocycles. The lowest BCUT2D eigenvalue weighted by atomic mass is 10.1. The minimum absolute atomic E-state index is 0.00160. The average molecular weight is 605 g/mol. The quantitative estimate of drug-likeness (QED) is 0.272. The van der Waals surface area contributed by atoms with Gasteiger partial charge in [-0.3, -0.25) is 13.9 Å². The van der Waals surface area contributed by atoms with Gasteiger partial charge >= 0.3 is 0 Å². The molecule has 0 aliphatic rings. The minimum Gasteiger partial charge on any atom is -0.354 e. The zero-order valence-electron chi connectivity index (χ0n) is 23.1. The van der Waals surface area contributed by atoms with Crippen LogP contribution in [0.3, 0.4) is 0 Å². The first-order chi connectivity index (χ1) is 18.9. The Labute approximate surface area is 247 Å². The lowest BCUT2D eigenvalue weighted by Crippen LogP contribution is -2.52. The summed E-state index contributed by atoms with van der Waals surface area (Å²) in [5, 5.41) is 3.29. The zero-order valence-corrected chi connectivity index (χ0v) is 25.4. The molecule has 1 N–H and O–H groups in total. The monoisotopic (exact) mass is 603 g/mol. The Morgan fingerprint density at radius 2 is 1.60 bits per heavy atom. The normalized spacial score (nSPS) is 12.2. The fourth-order valence-electron chi connectivity index (χ4n) is 4.15. The lowest BCUT2D eigenvalue weighted by molar-refractivity contribution is -0.140. The van der Waals surface area contributed by atoms with Gasteiger partial charge in [0.1, 0.15) is 12.6 Å². The highest BCUT2D eigenvalue weighted by molar-refractivity contribution is 7.92. The molecule has 0 bridgehead atoms. The maximum Gasteiger partial charge on any atom is 0.264 e. The van der Waals surface area contributed by atoms with E-state index in [0.717, 1.165) is 15.4 Å². The van der Waals surface area contributed by atoms with Crippen molar-refractivity contribution in [3.05, 3.63) is 94.0 Å². The van der Waals surface area contributed by atoms with Crippen molar-refractivity contribution in [3.8, 4) is 0 Å². The van der Waals surface area contributed by atoms with Crippen molar-refractivity contribution in [2.75, 3.05) is 17.4 Å². The Kier molecular flexibility index (Phi) is 11.0. The topological polar surface area (TPSA) is 86.8 Å². The highest BCUT2D eigenvalue weighted by Crippen LogP contribution is 2.33. The molecular formula is C30H35Cl2N3O4S. The van der Waals surface area contributed by atoms with Crippen LogP contribution in [0.2, 0.25) is 10.0 Å². The molecular weight excluding hydrogens is 569 g/mol. The van der Waals surface area contributed by atoms with Crippen LogP contribution in [0.15, 0.2) is 77.7 Å². The fraction of sp³-hybridized carbons (Fsp3) is 0.333. The van der Waals surface area contributed by atoms with Gasteiger partial charge in [-0.05, 0) is 55.2 Å². The van der Waals surface area contributed by atoms with Crippen molar-refractivity contribution in [1.29, 1.82) is 0 Å². The Bertz CT molecular complexity index is 1410. The van der Waals surface area contributed by atoms with Crippen molar-refractivity contribution < 1.29 is 18.0 Å². The Hall–Kier alpha value is -3.07. The third-order valence-electron chi connectivity index (χ3n) is 6.33. The van der Waals surface area contributed by atoms with E-state index >= 15 is 0 Å². The second-order valence-electron chi connectivity index (χ2n) is 9.99. The van der Waals surface area contributed by atoms with Crippen molar-refractivity contribution in [3.63, 3.8) is 0 Å². The number of hydrogen-bond acceptors (Lipinski definition) is 4. The molecule has 10 heteroatoms. The predicted octanol–water partition coefficient (Wildman–Crippen LogP) is 6.08. The summed E-state index contributed by atoms with van der Waals surface area (Å²) in [5.74, 6) is -0.629. The molecule has 0 radical (unpaired) electrons. The molecule has 3 aromatic rings.